The number of amidine groups is 2. The molecule has 1 aromatic rings. The van der Waals surface area contributed by atoms with Crippen LogP contribution in [-0.4, -0.2) is 11.7 Å². The van der Waals surface area contributed by atoms with Crippen LogP contribution in [0.2, 0.25) is 0 Å². The molecule has 1 aromatic carbocycles. The van der Waals surface area contributed by atoms with Gasteiger partial charge in [-0.3, -0.25) is 0 Å². The highest BCUT2D eigenvalue weighted by atomic mass is 15.0. The molecule has 0 aliphatic rings. The van der Waals surface area contributed by atoms with Crippen molar-refractivity contribution in [3.63, 3.8) is 0 Å². The predicted octanol–water partition coefficient (Wildman–Crippen LogP) is 4.35. The molecule has 3 heteroatoms. The van der Waals surface area contributed by atoms with Gasteiger partial charge >= 0.3 is 0 Å². The SMILES string of the molecule is C=C(/N=C(C)\N=C(/N)C/C=C\C=C/CC)c1ccccc1. The number of allylic oxidation sites excluding steroid dienone is 3. The lowest BCUT2D eigenvalue weighted by molar-refractivity contribution is 1.22. The number of hydrogen-bond acceptors (Lipinski definition) is 1. The first-order valence-electron chi connectivity index (χ1n) is 7.07. The van der Waals surface area contributed by atoms with Gasteiger partial charge < -0.3 is 5.73 Å². The summed E-state index contributed by atoms with van der Waals surface area (Å²) in [5, 5.41) is 0. The van der Waals surface area contributed by atoms with Gasteiger partial charge in [0.15, 0.2) is 0 Å². The molecule has 0 aliphatic carbocycles. The van der Waals surface area contributed by atoms with E-state index < -0.39 is 0 Å². The monoisotopic (exact) mass is 281 g/mol. The van der Waals surface area contributed by atoms with Gasteiger partial charge in [0, 0.05) is 6.42 Å². The summed E-state index contributed by atoms with van der Waals surface area (Å²) < 4.78 is 0. The first-order valence-corrected chi connectivity index (χ1v) is 7.07. The number of nitrogens with zero attached hydrogens (tertiary/aromatic N) is 2. The zero-order valence-corrected chi connectivity index (χ0v) is 12.8. The fraction of sp³-hybridized carbons (Fsp3) is 0.222. The summed E-state index contributed by atoms with van der Waals surface area (Å²) in [7, 11) is 0. The molecule has 2 N–H and O–H groups in total. The van der Waals surface area contributed by atoms with Crippen LogP contribution in [0.4, 0.5) is 0 Å². The first-order chi connectivity index (χ1) is 10.1. The number of aliphatic imine (C=N–C) groups is 2. The van der Waals surface area contributed by atoms with Crippen LogP contribution in [-0.2, 0) is 0 Å². The van der Waals surface area contributed by atoms with Gasteiger partial charge in [-0.15, -0.1) is 0 Å². The van der Waals surface area contributed by atoms with E-state index in [2.05, 4.69) is 29.6 Å². The molecule has 21 heavy (non-hydrogen) atoms. The molecule has 0 amide bonds. The van der Waals surface area contributed by atoms with Gasteiger partial charge in [0.1, 0.15) is 11.7 Å². The molecule has 110 valence electrons. The highest BCUT2D eigenvalue weighted by Crippen LogP contribution is 2.13. The van der Waals surface area contributed by atoms with E-state index in [9.17, 15) is 0 Å². The molecule has 0 radical (unpaired) electrons. The topological polar surface area (TPSA) is 50.7 Å². The number of hydrogen-bond donors (Lipinski definition) is 1. The van der Waals surface area contributed by atoms with Crippen LogP contribution >= 0.6 is 0 Å². The van der Waals surface area contributed by atoms with E-state index in [1.165, 1.54) is 0 Å². The molecular formula is C18H23N3. The molecule has 0 heterocycles. The summed E-state index contributed by atoms with van der Waals surface area (Å²) in [6.45, 7) is 7.87. The largest absolute Gasteiger partial charge is 0.387 e. The smallest absolute Gasteiger partial charge is 0.127 e. The Balaban J connectivity index is 2.61. The van der Waals surface area contributed by atoms with Crippen LogP contribution in [0.3, 0.4) is 0 Å². The maximum Gasteiger partial charge on any atom is 0.127 e. The number of nitrogens with two attached hydrogens (primary N) is 1. The zero-order valence-electron chi connectivity index (χ0n) is 12.8. The van der Waals surface area contributed by atoms with Crippen molar-refractivity contribution in [3.8, 4) is 0 Å². The lowest BCUT2D eigenvalue weighted by Crippen LogP contribution is -2.12. The van der Waals surface area contributed by atoms with Gasteiger partial charge in [-0.25, -0.2) is 9.98 Å². The molecule has 0 aliphatic heterocycles. The van der Waals surface area contributed by atoms with Crippen molar-refractivity contribution < 1.29 is 0 Å². The second-order valence-corrected chi connectivity index (χ2v) is 4.54. The molecular weight excluding hydrogens is 258 g/mol. The number of rotatable bonds is 6. The maximum absolute atomic E-state index is 5.87. The van der Waals surface area contributed by atoms with Gasteiger partial charge in [-0.1, -0.05) is 68.1 Å². The van der Waals surface area contributed by atoms with Crippen LogP contribution in [0.1, 0.15) is 32.3 Å². The van der Waals surface area contributed by atoms with E-state index in [0.717, 1.165) is 12.0 Å². The van der Waals surface area contributed by atoms with E-state index in [4.69, 9.17) is 5.73 Å². The molecule has 0 spiro atoms. The van der Waals surface area contributed by atoms with Crippen LogP contribution in [0, 0.1) is 0 Å². The molecule has 0 aromatic heterocycles. The van der Waals surface area contributed by atoms with E-state index in [-0.39, 0.29) is 0 Å². The van der Waals surface area contributed by atoms with Gasteiger partial charge in [0.25, 0.3) is 0 Å². The highest BCUT2D eigenvalue weighted by molar-refractivity contribution is 5.97. The van der Waals surface area contributed by atoms with Crippen molar-refractivity contribution >= 4 is 17.4 Å². The summed E-state index contributed by atoms with van der Waals surface area (Å²) in [6.07, 6.45) is 9.68. The van der Waals surface area contributed by atoms with E-state index in [1.54, 1.807) is 0 Å². The molecule has 0 bridgehead atoms. The molecule has 0 unspecified atom stereocenters. The quantitative estimate of drug-likeness (QED) is 0.470. The Kier molecular flexibility index (Phi) is 7.51. The summed E-state index contributed by atoms with van der Waals surface area (Å²) in [6, 6.07) is 9.81. The number of benzene rings is 1. The Hall–Kier alpha value is -2.42. The Morgan fingerprint density at radius 2 is 1.81 bits per heavy atom. The Labute approximate surface area is 127 Å². The van der Waals surface area contributed by atoms with E-state index in [1.807, 2.05) is 55.5 Å². The molecule has 0 saturated heterocycles. The molecule has 1 rings (SSSR count). The average Bonchev–Trinajstić information content (AvgIpc) is 2.47. The molecule has 0 saturated carbocycles. The van der Waals surface area contributed by atoms with E-state index in [0.29, 0.717) is 23.8 Å². The summed E-state index contributed by atoms with van der Waals surface area (Å²) in [4.78, 5) is 8.63. The fourth-order valence-corrected chi connectivity index (χ4v) is 1.65. The Morgan fingerprint density at radius 1 is 1.14 bits per heavy atom. The van der Waals surface area contributed by atoms with Crippen LogP contribution in [0.5, 0.6) is 0 Å². The first kappa shape index (κ1) is 16.6. The van der Waals surface area contributed by atoms with Crippen molar-refractivity contribution in [2.75, 3.05) is 0 Å². The predicted molar refractivity (Wildman–Crippen MR) is 93.4 cm³/mol. The van der Waals surface area contributed by atoms with Crippen LogP contribution in [0.25, 0.3) is 5.70 Å². The summed E-state index contributed by atoms with van der Waals surface area (Å²) >= 11 is 0. The third-order valence-electron chi connectivity index (χ3n) is 2.66. The van der Waals surface area contributed by atoms with Crippen molar-refractivity contribution in [2.45, 2.75) is 26.7 Å². The maximum atomic E-state index is 5.87. The third kappa shape index (κ3) is 7.06. The van der Waals surface area contributed by atoms with Gasteiger partial charge in [0.2, 0.25) is 0 Å². The normalized spacial score (nSPS) is 13.2. The van der Waals surface area contributed by atoms with E-state index >= 15 is 0 Å². The lowest BCUT2D eigenvalue weighted by Gasteiger charge is -2.01. The minimum Gasteiger partial charge on any atom is -0.387 e. The fourth-order valence-electron chi connectivity index (χ4n) is 1.65. The van der Waals surface area contributed by atoms with Crippen molar-refractivity contribution in [1.82, 2.24) is 0 Å². The lowest BCUT2D eigenvalue weighted by atomic mass is 10.2. The van der Waals surface area contributed by atoms with Gasteiger partial charge in [0.05, 0.1) is 5.70 Å². The van der Waals surface area contributed by atoms with Crippen molar-refractivity contribution in [2.24, 2.45) is 15.7 Å². The minimum atomic E-state index is 0.540. The summed E-state index contributed by atoms with van der Waals surface area (Å²) in [5.41, 5.74) is 7.54. The molecule has 0 fully saturated rings. The average molecular weight is 281 g/mol. The van der Waals surface area contributed by atoms with Gasteiger partial charge in [-0.2, -0.15) is 0 Å². The van der Waals surface area contributed by atoms with Crippen molar-refractivity contribution in [3.05, 3.63) is 66.8 Å². The standard InChI is InChI=1S/C18H23N3/c1-4-5-6-7-11-14-18(19)21-16(3)20-15(2)17-12-9-8-10-13-17/h5-13H,2,4,14H2,1,3H3,(H2,19,20,21)/b6-5-,11-7-. The third-order valence-corrected chi connectivity index (χ3v) is 2.66. The molecule has 0 atom stereocenters. The summed E-state index contributed by atoms with van der Waals surface area (Å²) in [5.74, 6) is 1.15. The van der Waals surface area contributed by atoms with Crippen LogP contribution < -0.4 is 5.73 Å². The Bertz CT molecular complexity index is 563. The molecule has 3 nitrogen and oxygen atoms in total. The van der Waals surface area contributed by atoms with Crippen LogP contribution in [0.15, 0.2) is 71.2 Å². The Morgan fingerprint density at radius 3 is 2.48 bits per heavy atom. The minimum absolute atomic E-state index is 0.540. The van der Waals surface area contributed by atoms with Gasteiger partial charge in [-0.05, 0) is 18.9 Å². The second kappa shape index (κ2) is 9.48. The highest BCUT2D eigenvalue weighted by Gasteiger charge is 1.97. The second-order valence-electron chi connectivity index (χ2n) is 4.54. The van der Waals surface area contributed by atoms with Crippen molar-refractivity contribution in [1.29, 1.82) is 0 Å². The zero-order chi connectivity index (χ0) is 15.5.